The van der Waals surface area contributed by atoms with Crippen LogP contribution in [0.3, 0.4) is 0 Å². The molecule has 24 heavy (non-hydrogen) atoms. The van der Waals surface area contributed by atoms with Gasteiger partial charge < -0.3 is 9.80 Å². The Bertz CT molecular complexity index is 591. The van der Waals surface area contributed by atoms with Crippen LogP contribution < -0.4 is 9.80 Å². The second-order valence-corrected chi connectivity index (χ2v) is 9.56. The molecule has 0 amide bonds. The van der Waals surface area contributed by atoms with Crippen LogP contribution >= 0.6 is 0 Å². The second-order valence-electron chi connectivity index (χ2n) is 7.53. The summed E-state index contributed by atoms with van der Waals surface area (Å²) in [6, 6.07) is 9.25. The van der Waals surface area contributed by atoms with Crippen molar-refractivity contribution in [3.05, 3.63) is 30.3 Å². The fourth-order valence-electron chi connectivity index (χ4n) is 4.33. The Balaban J connectivity index is 1.73. The van der Waals surface area contributed by atoms with Gasteiger partial charge in [0.25, 0.3) is 0 Å². The fourth-order valence-corrected chi connectivity index (χ4v) is 5.98. The number of piperidine rings is 2. The van der Waals surface area contributed by atoms with E-state index in [1.165, 1.54) is 56.5 Å². The summed E-state index contributed by atoms with van der Waals surface area (Å²) in [6.45, 7) is 5.73. The summed E-state index contributed by atoms with van der Waals surface area (Å²) in [4.78, 5) is 3.63. The first kappa shape index (κ1) is 17.9. The van der Waals surface area contributed by atoms with E-state index in [4.69, 9.17) is 0 Å². The maximum atomic E-state index is 12.9. The van der Waals surface area contributed by atoms with Gasteiger partial charge in [-0.2, -0.15) is 0 Å². The van der Waals surface area contributed by atoms with Crippen LogP contribution in [-0.4, -0.2) is 52.9 Å². The molecule has 0 unspecified atom stereocenters. The van der Waals surface area contributed by atoms with Crippen molar-refractivity contribution in [3.8, 4) is 0 Å². The number of hydrogen-bond acceptors (Lipinski definition) is 2. The van der Waals surface area contributed by atoms with Gasteiger partial charge in [-0.1, -0.05) is 18.2 Å². The molecule has 2 aliphatic rings. The number of sulfone groups is 1. The summed E-state index contributed by atoms with van der Waals surface area (Å²) in [6.07, 6.45) is 7.72. The molecule has 1 aromatic rings. The average Bonchev–Trinajstić information content (AvgIpc) is 2.63. The number of hydrogen-bond donors (Lipinski definition) is 2. The summed E-state index contributed by atoms with van der Waals surface area (Å²) in [5, 5.41) is 0. The van der Waals surface area contributed by atoms with Crippen LogP contribution in [0.2, 0.25) is 0 Å². The minimum atomic E-state index is -3.19. The molecule has 0 spiro atoms. The molecule has 2 saturated heterocycles. The third-order valence-corrected chi connectivity index (χ3v) is 7.52. The van der Waals surface area contributed by atoms with Crippen molar-refractivity contribution in [2.24, 2.45) is 0 Å². The van der Waals surface area contributed by atoms with E-state index in [1.54, 1.807) is 17.0 Å². The highest BCUT2D eigenvalue weighted by atomic mass is 32.2. The van der Waals surface area contributed by atoms with Gasteiger partial charge in [-0.05, 0) is 50.7 Å². The molecular weight excluding hydrogens is 320 g/mol. The zero-order valence-corrected chi connectivity index (χ0v) is 15.5. The summed E-state index contributed by atoms with van der Waals surface area (Å²) in [5.41, 5.74) is 0. The highest BCUT2D eigenvalue weighted by Gasteiger charge is 2.34. The summed E-state index contributed by atoms with van der Waals surface area (Å²) in [7, 11) is -3.19. The first-order valence-corrected chi connectivity index (χ1v) is 11.3. The Hall–Kier alpha value is -0.910. The SMILES string of the molecule is O=S(=O)(C[C@@H](C[NH+]1CCCCC1)[NH+]1CCCCC1)c1ccccc1. The van der Waals surface area contributed by atoms with Crippen LogP contribution in [0, 0.1) is 0 Å². The number of benzene rings is 1. The minimum Gasteiger partial charge on any atom is -0.330 e. The van der Waals surface area contributed by atoms with Gasteiger partial charge in [0.15, 0.2) is 15.9 Å². The van der Waals surface area contributed by atoms with Crippen LogP contribution in [0.15, 0.2) is 35.2 Å². The van der Waals surface area contributed by atoms with Gasteiger partial charge in [0.2, 0.25) is 0 Å². The van der Waals surface area contributed by atoms with Crippen molar-refractivity contribution in [1.82, 2.24) is 0 Å². The Morgan fingerprint density at radius 2 is 1.42 bits per heavy atom. The molecule has 0 aromatic heterocycles. The molecule has 2 aliphatic heterocycles. The molecule has 2 N–H and O–H groups in total. The lowest BCUT2D eigenvalue weighted by molar-refractivity contribution is -0.979. The molecule has 5 heteroatoms. The van der Waals surface area contributed by atoms with Crippen LogP contribution in [0.1, 0.15) is 38.5 Å². The van der Waals surface area contributed by atoms with Gasteiger partial charge >= 0.3 is 0 Å². The first-order valence-electron chi connectivity index (χ1n) is 9.61. The quantitative estimate of drug-likeness (QED) is 0.755. The second kappa shape index (κ2) is 8.45. The van der Waals surface area contributed by atoms with Gasteiger partial charge in [0, 0.05) is 0 Å². The van der Waals surface area contributed by atoms with Crippen LogP contribution in [0.5, 0.6) is 0 Å². The van der Waals surface area contributed by atoms with E-state index in [0.717, 1.165) is 19.6 Å². The van der Waals surface area contributed by atoms with Crippen molar-refractivity contribution in [3.63, 3.8) is 0 Å². The van der Waals surface area contributed by atoms with E-state index in [2.05, 4.69) is 0 Å². The maximum Gasteiger partial charge on any atom is 0.184 e. The standard InChI is InChI=1S/C19H30N2O2S/c22-24(23,19-10-4-1-5-11-19)17-18(21-14-8-3-9-15-21)16-20-12-6-2-7-13-20/h1,4-5,10-11,18H,2-3,6-9,12-17H2/p+2/t18-/m1/s1. The fraction of sp³-hybridized carbons (Fsp3) is 0.684. The van der Waals surface area contributed by atoms with Crippen molar-refractivity contribution in [1.29, 1.82) is 0 Å². The van der Waals surface area contributed by atoms with Crippen LogP contribution in [-0.2, 0) is 9.84 Å². The molecule has 3 rings (SSSR count). The zero-order valence-electron chi connectivity index (χ0n) is 14.7. The van der Waals surface area contributed by atoms with E-state index in [9.17, 15) is 8.42 Å². The van der Waals surface area contributed by atoms with E-state index in [-0.39, 0.29) is 6.04 Å². The molecule has 1 atom stereocenters. The van der Waals surface area contributed by atoms with Gasteiger partial charge in [-0.15, -0.1) is 0 Å². The monoisotopic (exact) mass is 352 g/mol. The molecule has 4 nitrogen and oxygen atoms in total. The van der Waals surface area contributed by atoms with Crippen molar-refractivity contribution in [2.75, 3.05) is 38.5 Å². The molecule has 2 fully saturated rings. The third-order valence-electron chi connectivity index (χ3n) is 5.69. The lowest BCUT2D eigenvalue weighted by atomic mass is 10.1. The van der Waals surface area contributed by atoms with Crippen LogP contribution in [0.25, 0.3) is 0 Å². The Kier molecular flexibility index (Phi) is 6.31. The molecular formula is C19H32N2O2S+2. The normalized spacial score (nSPS) is 22.3. The van der Waals surface area contributed by atoms with Gasteiger partial charge in [0.05, 0.1) is 31.1 Å². The summed E-state index contributed by atoms with van der Waals surface area (Å²) >= 11 is 0. The summed E-state index contributed by atoms with van der Waals surface area (Å²) in [5.74, 6) is 0.301. The largest absolute Gasteiger partial charge is 0.330 e. The first-order chi connectivity index (χ1) is 11.6. The Morgan fingerprint density at radius 3 is 2.04 bits per heavy atom. The molecule has 0 saturated carbocycles. The van der Waals surface area contributed by atoms with Gasteiger partial charge in [-0.3, -0.25) is 0 Å². The van der Waals surface area contributed by atoms with Gasteiger partial charge in [0.1, 0.15) is 12.3 Å². The zero-order chi connectivity index (χ0) is 16.8. The Labute approximate surface area is 146 Å². The smallest absolute Gasteiger partial charge is 0.184 e. The van der Waals surface area contributed by atoms with Crippen molar-refractivity contribution < 1.29 is 18.2 Å². The van der Waals surface area contributed by atoms with Crippen molar-refractivity contribution >= 4 is 9.84 Å². The van der Waals surface area contributed by atoms with E-state index >= 15 is 0 Å². The maximum absolute atomic E-state index is 12.9. The molecule has 2 heterocycles. The van der Waals surface area contributed by atoms with E-state index < -0.39 is 9.84 Å². The number of rotatable bonds is 6. The number of quaternary nitrogens is 2. The third kappa shape index (κ3) is 4.80. The van der Waals surface area contributed by atoms with Crippen molar-refractivity contribution in [2.45, 2.75) is 49.5 Å². The molecule has 134 valence electrons. The average molecular weight is 353 g/mol. The number of likely N-dealkylation sites (tertiary alicyclic amines) is 2. The molecule has 0 aliphatic carbocycles. The predicted octanol–water partition coefficient (Wildman–Crippen LogP) is -0.0335. The Morgan fingerprint density at radius 1 is 0.833 bits per heavy atom. The highest BCUT2D eigenvalue weighted by molar-refractivity contribution is 7.91. The topological polar surface area (TPSA) is 43.0 Å². The van der Waals surface area contributed by atoms with E-state index in [1.807, 2.05) is 18.2 Å². The lowest BCUT2D eigenvalue weighted by Crippen LogP contribution is -3.24. The molecule has 0 radical (unpaired) electrons. The summed E-state index contributed by atoms with van der Waals surface area (Å²) < 4.78 is 25.8. The molecule has 1 aromatic carbocycles. The molecule has 0 bridgehead atoms. The lowest BCUT2D eigenvalue weighted by Gasteiger charge is -2.34. The van der Waals surface area contributed by atoms with E-state index in [0.29, 0.717) is 10.6 Å². The minimum absolute atomic E-state index is 0.239. The van der Waals surface area contributed by atoms with Crippen LogP contribution in [0.4, 0.5) is 0 Å². The highest BCUT2D eigenvalue weighted by Crippen LogP contribution is 2.11. The predicted molar refractivity (Wildman–Crippen MR) is 96.2 cm³/mol. The van der Waals surface area contributed by atoms with Gasteiger partial charge in [-0.25, -0.2) is 8.42 Å². The number of nitrogens with one attached hydrogen (secondary N) is 2.